The van der Waals surface area contributed by atoms with Crippen LogP contribution >= 0.6 is 0 Å². The first-order valence-corrected chi connectivity index (χ1v) is 6.60. The Morgan fingerprint density at radius 2 is 1.95 bits per heavy atom. The van der Waals surface area contributed by atoms with Crippen LogP contribution in [0.3, 0.4) is 0 Å². The first kappa shape index (κ1) is 13.6. The number of rotatable bonds is 5. The van der Waals surface area contributed by atoms with Gasteiger partial charge in [-0.15, -0.1) is 0 Å². The summed E-state index contributed by atoms with van der Waals surface area (Å²) in [5.74, 6) is 0.892. The normalized spacial score (nSPS) is 11.0. The van der Waals surface area contributed by atoms with E-state index < -0.39 is 0 Å². The fourth-order valence-corrected chi connectivity index (χ4v) is 2.04. The molecule has 0 radical (unpaired) electrons. The summed E-state index contributed by atoms with van der Waals surface area (Å²) in [6, 6.07) is 10.2. The molecule has 4 nitrogen and oxygen atoms in total. The van der Waals surface area contributed by atoms with Gasteiger partial charge < -0.3 is 10.5 Å². The molecule has 1 aromatic heterocycles. The van der Waals surface area contributed by atoms with Crippen LogP contribution in [0.5, 0.6) is 5.75 Å². The Morgan fingerprint density at radius 3 is 2.53 bits per heavy atom. The minimum Gasteiger partial charge on any atom is -0.491 e. The zero-order chi connectivity index (χ0) is 13.8. The van der Waals surface area contributed by atoms with Gasteiger partial charge in [0, 0.05) is 19.0 Å². The summed E-state index contributed by atoms with van der Waals surface area (Å²) in [5.41, 5.74) is 8.82. The molecule has 1 aromatic carbocycles. The van der Waals surface area contributed by atoms with Crippen LogP contribution in [-0.2, 0) is 13.5 Å². The molecule has 0 fully saturated rings. The first-order chi connectivity index (χ1) is 9.10. The number of aryl methyl sites for hydroxylation is 1. The molecular formula is C15H21N3O. The Morgan fingerprint density at radius 1 is 1.26 bits per heavy atom. The molecule has 1 heterocycles. The van der Waals surface area contributed by atoms with Crippen molar-refractivity contribution in [3.05, 3.63) is 36.0 Å². The molecule has 0 aliphatic heterocycles. The summed E-state index contributed by atoms with van der Waals surface area (Å²) >= 11 is 0. The summed E-state index contributed by atoms with van der Waals surface area (Å²) in [4.78, 5) is 0. The highest BCUT2D eigenvalue weighted by atomic mass is 16.5. The van der Waals surface area contributed by atoms with Crippen molar-refractivity contribution in [2.45, 2.75) is 26.4 Å². The van der Waals surface area contributed by atoms with Crippen LogP contribution in [0.15, 0.2) is 30.3 Å². The van der Waals surface area contributed by atoms with E-state index in [1.807, 2.05) is 37.7 Å². The number of ether oxygens (including phenoxy) is 1. The molecule has 0 aliphatic carbocycles. The van der Waals surface area contributed by atoms with Crippen molar-refractivity contribution < 1.29 is 4.74 Å². The quantitative estimate of drug-likeness (QED) is 0.897. The molecule has 0 saturated carbocycles. The van der Waals surface area contributed by atoms with Gasteiger partial charge in [-0.3, -0.25) is 4.68 Å². The lowest BCUT2D eigenvalue weighted by atomic mass is 10.1. The maximum atomic E-state index is 5.64. The van der Waals surface area contributed by atoms with E-state index in [1.165, 1.54) is 0 Å². The number of nitrogens with zero attached hydrogens (tertiary/aromatic N) is 2. The number of aromatic nitrogens is 2. The van der Waals surface area contributed by atoms with Crippen molar-refractivity contribution in [1.29, 1.82) is 0 Å². The van der Waals surface area contributed by atoms with Gasteiger partial charge in [-0.2, -0.15) is 5.10 Å². The molecule has 2 aromatic rings. The van der Waals surface area contributed by atoms with Crippen molar-refractivity contribution in [2.24, 2.45) is 12.8 Å². The van der Waals surface area contributed by atoms with E-state index in [2.05, 4.69) is 23.3 Å². The molecule has 0 amide bonds. The van der Waals surface area contributed by atoms with Gasteiger partial charge in [0.05, 0.1) is 17.5 Å². The van der Waals surface area contributed by atoms with E-state index in [9.17, 15) is 0 Å². The average Bonchev–Trinajstić information content (AvgIpc) is 2.71. The van der Waals surface area contributed by atoms with Crippen molar-refractivity contribution in [2.75, 3.05) is 6.54 Å². The molecule has 19 heavy (non-hydrogen) atoms. The predicted octanol–water partition coefficient (Wildman–Crippen LogP) is 2.38. The Bertz CT molecular complexity index is 529. The van der Waals surface area contributed by atoms with E-state index in [4.69, 9.17) is 10.5 Å². The molecule has 0 spiro atoms. The first-order valence-electron chi connectivity index (χ1n) is 6.60. The summed E-state index contributed by atoms with van der Waals surface area (Å²) in [5, 5.41) is 4.45. The smallest absolute Gasteiger partial charge is 0.119 e. The standard InChI is InChI=1S/C15H21N3O/c1-11(2)19-14-6-4-12(5-7-14)15-10-13(8-9-16)17-18(15)3/h4-7,10-11H,8-9,16H2,1-3H3. The van der Waals surface area contributed by atoms with E-state index in [1.54, 1.807) is 0 Å². The molecule has 0 bridgehead atoms. The minimum absolute atomic E-state index is 0.193. The molecule has 0 aliphatic rings. The monoisotopic (exact) mass is 259 g/mol. The topological polar surface area (TPSA) is 53.1 Å². The van der Waals surface area contributed by atoms with Gasteiger partial charge in [0.25, 0.3) is 0 Å². The molecule has 2 rings (SSSR count). The average molecular weight is 259 g/mol. The Balaban J connectivity index is 2.21. The van der Waals surface area contributed by atoms with E-state index >= 15 is 0 Å². The van der Waals surface area contributed by atoms with Gasteiger partial charge in [0.15, 0.2) is 0 Å². The Hall–Kier alpha value is -1.81. The van der Waals surface area contributed by atoms with E-state index in [0.717, 1.165) is 29.1 Å². The third-order valence-corrected chi connectivity index (χ3v) is 2.85. The molecule has 0 saturated heterocycles. The molecule has 2 N–H and O–H groups in total. The van der Waals surface area contributed by atoms with Crippen LogP contribution in [0.25, 0.3) is 11.3 Å². The molecule has 4 heteroatoms. The zero-order valence-electron chi connectivity index (χ0n) is 11.8. The lowest BCUT2D eigenvalue weighted by Crippen LogP contribution is -2.05. The highest BCUT2D eigenvalue weighted by Gasteiger charge is 2.07. The van der Waals surface area contributed by atoms with Crippen LogP contribution in [0.4, 0.5) is 0 Å². The van der Waals surface area contributed by atoms with Crippen LogP contribution in [0, 0.1) is 0 Å². The predicted molar refractivity (Wildman–Crippen MR) is 77.2 cm³/mol. The Kier molecular flexibility index (Phi) is 4.22. The second-order valence-electron chi connectivity index (χ2n) is 4.87. The summed E-state index contributed by atoms with van der Waals surface area (Å²) in [6.45, 7) is 4.67. The number of hydrogen-bond donors (Lipinski definition) is 1. The number of hydrogen-bond acceptors (Lipinski definition) is 3. The second kappa shape index (κ2) is 5.89. The van der Waals surface area contributed by atoms with Gasteiger partial charge >= 0.3 is 0 Å². The molecular weight excluding hydrogens is 238 g/mol. The second-order valence-corrected chi connectivity index (χ2v) is 4.87. The van der Waals surface area contributed by atoms with Crippen LogP contribution in [-0.4, -0.2) is 22.4 Å². The number of nitrogens with two attached hydrogens (primary N) is 1. The van der Waals surface area contributed by atoms with Crippen LogP contribution in [0.1, 0.15) is 19.5 Å². The van der Waals surface area contributed by atoms with Gasteiger partial charge in [0.1, 0.15) is 5.75 Å². The van der Waals surface area contributed by atoms with E-state index in [-0.39, 0.29) is 6.10 Å². The Labute approximate surface area is 114 Å². The SMILES string of the molecule is CC(C)Oc1ccc(-c2cc(CCN)nn2C)cc1. The van der Waals surface area contributed by atoms with Crippen LogP contribution < -0.4 is 10.5 Å². The highest BCUT2D eigenvalue weighted by Crippen LogP contribution is 2.23. The zero-order valence-corrected chi connectivity index (χ0v) is 11.8. The minimum atomic E-state index is 0.193. The third-order valence-electron chi connectivity index (χ3n) is 2.85. The van der Waals surface area contributed by atoms with Gasteiger partial charge in [0.2, 0.25) is 0 Å². The van der Waals surface area contributed by atoms with E-state index in [0.29, 0.717) is 6.54 Å². The van der Waals surface area contributed by atoms with Gasteiger partial charge in [-0.25, -0.2) is 0 Å². The fraction of sp³-hybridized carbons (Fsp3) is 0.400. The molecule has 0 atom stereocenters. The maximum absolute atomic E-state index is 5.64. The lowest BCUT2D eigenvalue weighted by molar-refractivity contribution is 0.242. The van der Waals surface area contributed by atoms with Crippen molar-refractivity contribution in [1.82, 2.24) is 9.78 Å². The van der Waals surface area contributed by atoms with Crippen molar-refractivity contribution in [3.8, 4) is 17.0 Å². The van der Waals surface area contributed by atoms with Crippen LogP contribution in [0.2, 0.25) is 0 Å². The summed E-state index contributed by atoms with van der Waals surface area (Å²) in [6.07, 6.45) is 1.00. The number of benzene rings is 1. The summed E-state index contributed by atoms with van der Waals surface area (Å²) in [7, 11) is 1.95. The largest absolute Gasteiger partial charge is 0.491 e. The fourth-order valence-electron chi connectivity index (χ4n) is 2.04. The molecule has 102 valence electrons. The highest BCUT2D eigenvalue weighted by molar-refractivity contribution is 5.61. The molecule has 0 unspecified atom stereocenters. The summed E-state index contributed by atoms with van der Waals surface area (Å²) < 4.78 is 7.53. The maximum Gasteiger partial charge on any atom is 0.119 e. The van der Waals surface area contributed by atoms with Gasteiger partial charge in [-0.1, -0.05) is 0 Å². The van der Waals surface area contributed by atoms with Crippen molar-refractivity contribution in [3.63, 3.8) is 0 Å². The van der Waals surface area contributed by atoms with Crippen molar-refractivity contribution >= 4 is 0 Å². The third kappa shape index (κ3) is 3.35. The lowest BCUT2D eigenvalue weighted by Gasteiger charge is -2.10. The van der Waals surface area contributed by atoms with Gasteiger partial charge in [-0.05, 0) is 50.7 Å².